The summed E-state index contributed by atoms with van der Waals surface area (Å²) in [5.74, 6) is 0.914. The minimum atomic E-state index is 0.854. The summed E-state index contributed by atoms with van der Waals surface area (Å²) in [6.07, 6.45) is 4.04. The second-order valence-electron chi connectivity index (χ2n) is 3.20. The van der Waals surface area contributed by atoms with Crippen LogP contribution in [0, 0.1) is 0 Å². The van der Waals surface area contributed by atoms with Gasteiger partial charge in [-0.05, 0) is 36.6 Å². The molecule has 0 radical (unpaired) electrons. The quantitative estimate of drug-likeness (QED) is 0.840. The Labute approximate surface area is 108 Å². The molecule has 5 nitrogen and oxygen atoms in total. The standard InChI is InChI=1S/C10H13N5S2/c1-3-7-8(11-4-2)12-5-13-9(7)16-10-14-6-15-17-10/h5-6H,3-4H2,1-2H3,(H,11,12,13). The molecule has 0 amide bonds. The second-order valence-corrected chi connectivity index (χ2v) is 5.22. The Hall–Kier alpha value is -1.21. The third-order valence-electron chi connectivity index (χ3n) is 2.13. The Kier molecular flexibility index (Phi) is 4.27. The van der Waals surface area contributed by atoms with Gasteiger partial charge < -0.3 is 5.32 Å². The summed E-state index contributed by atoms with van der Waals surface area (Å²) in [4.78, 5) is 12.7. The second kappa shape index (κ2) is 5.92. The van der Waals surface area contributed by atoms with Crippen molar-refractivity contribution in [2.45, 2.75) is 29.6 Å². The van der Waals surface area contributed by atoms with E-state index in [4.69, 9.17) is 0 Å². The van der Waals surface area contributed by atoms with Crippen LogP contribution in [0.1, 0.15) is 19.4 Å². The van der Waals surface area contributed by atoms with Gasteiger partial charge in [0, 0.05) is 12.1 Å². The normalized spacial score (nSPS) is 10.5. The van der Waals surface area contributed by atoms with Crippen LogP contribution in [-0.4, -0.2) is 25.9 Å². The molecule has 0 fully saturated rings. The highest BCUT2D eigenvalue weighted by Crippen LogP contribution is 2.31. The molecule has 0 atom stereocenters. The van der Waals surface area contributed by atoms with Crippen LogP contribution < -0.4 is 5.32 Å². The van der Waals surface area contributed by atoms with Crippen LogP contribution in [-0.2, 0) is 6.42 Å². The van der Waals surface area contributed by atoms with Crippen LogP contribution in [0.15, 0.2) is 22.0 Å². The Morgan fingerprint density at radius 2 is 2.12 bits per heavy atom. The van der Waals surface area contributed by atoms with E-state index in [1.54, 1.807) is 12.7 Å². The average Bonchev–Trinajstić information content (AvgIpc) is 2.83. The highest BCUT2D eigenvalue weighted by atomic mass is 32.2. The molecule has 2 rings (SSSR count). The first kappa shape index (κ1) is 12.3. The topological polar surface area (TPSA) is 63.6 Å². The third kappa shape index (κ3) is 2.92. The van der Waals surface area contributed by atoms with E-state index < -0.39 is 0 Å². The first-order chi connectivity index (χ1) is 8.35. The van der Waals surface area contributed by atoms with Crippen molar-refractivity contribution in [2.24, 2.45) is 0 Å². The first-order valence-electron chi connectivity index (χ1n) is 5.37. The molecule has 0 aliphatic heterocycles. The van der Waals surface area contributed by atoms with Crippen LogP contribution in [0.2, 0.25) is 0 Å². The smallest absolute Gasteiger partial charge is 0.176 e. The molecule has 0 bridgehead atoms. The number of nitrogens with zero attached hydrogens (tertiary/aromatic N) is 4. The zero-order valence-electron chi connectivity index (χ0n) is 9.67. The Bertz CT molecular complexity index is 472. The number of anilines is 1. The maximum atomic E-state index is 4.32. The largest absolute Gasteiger partial charge is 0.370 e. The van der Waals surface area contributed by atoms with Crippen molar-refractivity contribution < 1.29 is 0 Å². The molecular weight excluding hydrogens is 254 g/mol. The lowest BCUT2D eigenvalue weighted by atomic mass is 10.2. The van der Waals surface area contributed by atoms with E-state index in [2.05, 4.69) is 38.5 Å². The van der Waals surface area contributed by atoms with Crippen molar-refractivity contribution in [2.75, 3.05) is 11.9 Å². The van der Waals surface area contributed by atoms with Crippen molar-refractivity contribution in [3.05, 3.63) is 18.2 Å². The molecule has 90 valence electrons. The molecule has 0 unspecified atom stereocenters. The van der Waals surface area contributed by atoms with Gasteiger partial charge in [0.15, 0.2) is 4.34 Å². The summed E-state index contributed by atoms with van der Waals surface area (Å²) in [5, 5.41) is 4.20. The van der Waals surface area contributed by atoms with E-state index in [1.165, 1.54) is 23.3 Å². The molecule has 7 heteroatoms. The Morgan fingerprint density at radius 1 is 1.24 bits per heavy atom. The van der Waals surface area contributed by atoms with Crippen molar-refractivity contribution >= 4 is 29.1 Å². The van der Waals surface area contributed by atoms with Crippen LogP contribution in [0.5, 0.6) is 0 Å². The molecule has 17 heavy (non-hydrogen) atoms. The molecule has 0 spiro atoms. The monoisotopic (exact) mass is 267 g/mol. The lowest BCUT2D eigenvalue weighted by Gasteiger charge is -2.10. The summed E-state index contributed by atoms with van der Waals surface area (Å²) in [6, 6.07) is 0. The summed E-state index contributed by atoms with van der Waals surface area (Å²) in [7, 11) is 0. The Morgan fingerprint density at radius 3 is 2.76 bits per heavy atom. The van der Waals surface area contributed by atoms with Crippen molar-refractivity contribution in [1.82, 2.24) is 19.3 Å². The lowest BCUT2D eigenvalue weighted by Crippen LogP contribution is -2.05. The van der Waals surface area contributed by atoms with Crippen molar-refractivity contribution in [3.8, 4) is 0 Å². The third-order valence-corrected chi connectivity index (χ3v) is 3.89. The van der Waals surface area contributed by atoms with Crippen LogP contribution in [0.4, 0.5) is 5.82 Å². The fourth-order valence-corrected chi connectivity index (χ4v) is 2.94. The molecule has 2 aromatic heterocycles. The summed E-state index contributed by atoms with van der Waals surface area (Å²) in [5.41, 5.74) is 1.13. The van der Waals surface area contributed by atoms with Crippen LogP contribution in [0.25, 0.3) is 0 Å². The maximum Gasteiger partial charge on any atom is 0.176 e. The molecule has 2 aromatic rings. The van der Waals surface area contributed by atoms with E-state index in [0.717, 1.165) is 33.7 Å². The summed E-state index contributed by atoms with van der Waals surface area (Å²) < 4.78 is 4.89. The zero-order valence-corrected chi connectivity index (χ0v) is 11.3. The van der Waals surface area contributed by atoms with Gasteiger partial charge in [0.1, 0.15) is 23.5 Å². The van der Waals surface area contributed by atoms with Crippen molar-refractivity contribution in [1.29, 1.82) is 0 Å². The van der Waals surface area contributed by atoms with E-state index in [1.807, 2.05) is 0 Å². The van der Waals surface area contributed by atoms with Gasteiger partial charge in [-0.2, -0.15) is 4.37 Å². The average molecular weight is 267 g/mol. The summed E-state index contributed by atoms with van der Waals surface area (Å²) >= 11 is 2.92. The van der Waals surface area contributed by atoms with Gasteiger partial charge in [-0.15, -0.1) is 0 Å². The van der Waals surface area contributed by atoms with Gasteiger partial charge in [-0.3, -0.25) is 0 Å². The van der Waals surface area contributed by atoms with E-state index >= 15 is 0 Å². The predicted octanol–water partition coefficient (Wildman–Crippen LogP) is 2.47. The number of aromatic nitrogens is 4. The fourth-order valence-electron chi connectivity index (χ4n) is 1.41. The van der Waals surface area contributed by atoms with Gasteiger partial charge >= 0.3 is 0 Å². The minimum Gasteiger partial charge on any atom is -0.370 e. The van der Waals surface area contributed by atoms with Crippen molar-refractivity contribution in [3.63, 3.8) is 0 Å². The lowest BCUT2D eigenvalue weighted by molar-refractivity contribution is 0.937. The maximum absolute atomic E-state index is 4.32. The van der Waals surface area contributed by atoms with Crippen LogP contribution >= 0.6 is 23.3 Å². The number of hydrogen-bond donors (Lipinski definition) is 1. The molecule has 0 aliphatic carbocycles. The van der Waals surface area contributed by atoms with Crippen LogP contribution in [0.3, 0.4) is 0 Å². The van der Waals surface area contributed by atoms with E-state index in [-0.39, 0.29) is 0 Å². The first-order valence-corrected chi connectivity index (χ1v) is 6.96. The Balaban J connectivity index is 2.29. The molecule has 0 saturated heterocycles. The van der Waals surface area contributed by atoms with Gasteiger partial charge in [0.05, 0.1) is 0 Å². The number of hydrogen-bond acceptors (Lipinski definition) is 7. The highest BCUT2D eigenvalue weighted by Gasteiger charge is 2.11. The predicted molar refractivity (Wildman–Crippen MR) is 69.6 cm³/mol. The zero-order chi connectivity index (χ0) is 12.1. The van der Waals surface area contributed by atoms with Gasteiger partial charge in [0.25, 0.3) is 0 Å². The van der Waals surface area contributed by atoms with E-state index in [0.29, 0.717) is 0 Å². The molecule has 2 heterocycles. The molecular formula is C10H13N5S2. The van der Waals surface area contributed by atoms with Gasteiger partial charge in [-0.25, -0.2) is 15.0 Å². The SMILES string of the molecule is CCNc1ncnc(Sc2ncns2)c1CC. The minimum absolute atomic E-state index is 0.854. The highest BCUT2D eigenvalue weighted by molar-refractivity contribution is 8.00. The van der Waals surface area contributed by atoms with Gasteiger partial charge in [-0.1, -0.05) is 6.92 Å². The molecule has 0 saturated carbocycles. The fraction of sp³-hybridized carbons (Fsp3) is 0.400. The number of rotatable bonds is 5. The van der Waals surface area contributed by atoms with E-state index in [9.17, 15) is 0 Å². The molecule has 0 aliphatic rings. The summed E-state index contributed by atoms with van der Waals surface area (Å²) in [6.45, 7) is 5.01. The van der Waals surface area contributed by atoms with Gasteiger partial charge in [0.2, 0.25) is 0 Å². The molecule has 0 aromatic carbocycles. The number of nitrogens with one attached hydrogen (secondary N) is 1. The molecule has 1 N–H and O–H groups in total.